The van der Waals surface area contributed by atoms with Crippen molar-refractivity contribution in [1.29, 1.82) is 0 Å². The Balaban J connectivity index is -0.0000000150. The van der Waals surface area contributed by atoms with Crippen LogP contribution in [-0.2, 0) is 39.0 Å². The van der Waals surface area contributed by atoms with Gasteiger partial charge in [0.2, 0.25) is 0 Å². The molecule has 0 aromatic rings. The normalized spacial score (nSPS) is 4.50. The zero-order valence-corrected chi connectivity index (χ0v) is 9.15. The fraction of sp³-hybridized carbons (Fsp3) is 0. The average molecular weight is 191 g/mol. The molecule has 0 heterocycles. The minimum atomic E-state index is -2.92. The topological polar surface area (TPSA) is 69.2 Å². The molecule has 0 atom stereocenters. The van der Waals surface area contributed by atoms with Gasteiger partial charge >= 0.3 is 39.0 Å². The average Bonchev–Trinajstić information content (AvgIpc) is 0.811. The Morgan fingerprint density at radius 2 is 1.00 bits per heavy atom. The summed E-state index contributed by atoms with van der Waals surface area (Å²) in [6, 6.07) is 0. The van der Waals surface area contributed by atoms with Crippen LogP contribution in [0.4, 0.5) is 0 Å². The van der Waals surface area contributed by atoms with Crippen LogP contribution in [0.15, 0.2) is 0 Å². The smallest absolute Gasteiger partial charge is 1.00 e. The van der Waals surface area contributed by atoms with Crippen molar-refractivity contribution in [2.45, 2.75) is 0 Å². The molecule has 0 N–H and O–H groups in total. The molecule has 6 heteroatoms. The van der Waals surface area contributed by atoms with Crippen molar-refractivity contribution in [2.75, 3.05) is 0 Å². The predicted octanol–water partition coefficient (Wildman–Crippen LogP) is -3.84. The summed E-state index contributed by atoms with van der Waals surface area (Å²) in [4.78, 5) is 0. The Hall–Kier alpha value is 1.19. The van der Waals surface area contributed by atoms with E-state index in [0.29, 0.717) is 0 Å². The van der Waals surface area contributed by atoms with E-state index >= 15 is 0 Å². The van der Waals surface area contributed by atoms with Crippen LogP contribution in [0.1, 0.15) is 1.43 Å². The van der Waals surface area contributed by atoms with Crippen LogP contribution in [0.3, 0.4) is 0 Å². The maximum atomic E-state index is 8.42. The Labute approximate surface area is 62.9 Å². The van der Waals surface area contributed by atoms with Crippen LogP contribution in [-0.4, -0.2) is 7.32 Å². The maximum absolute atomic E-state index is 8.42. The van der Waals surface area contributed by atoms with E-state index in [4.69, 9.17) is 15.1 Å². The van der Waals surface area contributed by atoms with Crippen molar-refractivity contribution in [3.8, 4) is 0 Å². The molecule has 0 amide bonds. The summed E-state index contributed by atoms with van der Waals surface area (Å²) in [7, 11) is -2.92. The first-order valence-electron chi connectivity index (χ1n) is 0.707. The molecule has 0 saturated carbocycles. The second-order valence-electron chi connectivity index (χ2n) is 0.289. The molecule has 0 unspecified atom stereocenters. The molecule has 0 aromatic carbocycles. The molecular weight excluding hydrogens is 190 g/mol. The van der Waals surface area contributed by atoms with Gasteiger partial charge in [-0.05, 0) is 0 Å². The van der Waals surface area contributed by atoms with Crippen molar-refractivity contribution >= 4 is 7.32 Å². The molecular formula is HBO3Zn2. The van der Waals surface area contributed by atoms with E-state index in [1.807, 2.05) is 0 Å². The quantitative estimate of drug-likeness (QED) is 0.368. The SMILES string of the molecule is [H-].[O-]B([O-])[O-].[Zn+2].[Zn+2]. The van der Waals surface area contributed by atoms with Crippen LogP contribution >= 0.6 is 0 Å². The third-order valence-corrected chi connectivity index (χ3v) is 0. The molecule has 0 aromatic heterocycles. The van der Waals surface area contributed by atoms with Crippen LogP contribution in [0.2, 0.25) is 0 Å². The predicted molar refractivity (Wildman–Crippen MR) is 6.87 cm³/mol. The molecule has 0 spiro atoms. The molecule has 0 aliphatic carbocycles. The summed E-state index contributed by atoms with van der Waals surface area (Å²) in [5.74, 6) is 0. The third kappa shape index (κ3) is 64.2. The molecule has 3 nitrogen and oxygen atoms in total. The van der Waals surface area contributed by atoms with Gasteiger partial charge in [0, 0.05) is 0 Å². The molecule has 6 heavy (non-hydrogen) atoms. The zero-order chi connectivity index (χ0) is 3.58. The van der Waals surface area contributed by atoms with E-state index < -0.39 is 7.32 Å². The molecule has 0 aliphatic heterocycles. The molecule has 26 valence electrons. The van der Waals surface area contributed by atoms with E-state index in [2.05, 4.69) is 0 Å². The van der Waals surface area contributed by atoms with Crippen molar-refractivity contribution < 1.29 is 55.5 Å². The fourth-order valence-electron chi connectivity index (χ4n) is 0. The summed E-state index contributed by atoms with van der Waals surface area (Å²) in [6.45, 7) is 0. The monoisotopic (exact) mass is 188 g/mol. The largest absolute Gasteiger partial charge is 2.00 e. The van der Waals surface area contributed by atoms with Gasteiger partial charge in [0.25, 0.3) is 0 Å². The standard InChI is InChI=1S/BO3.2Zn.H/c2-1(3)4;;;/q-3;2*+2;-1. The van der Waals surface area contributed by atoms with E-state index in [1.54, 1.807) is 0 Å². The van der Waals surface area contributed by atoms with Crippen LogP contribution in [0.25, 0.3) is 0 Å². The summed E-state index contributed by atoms with van der Waals surface area (Å²) < 4.78 is 0. The van der Waals surface area contributed by atoms with E-state index in [0.717, 1.165) is 0 Å². The summed E-state index contributed by atoms with van der Waals surface area (Å²) in [5.41, 5.74) is 0. The van der Waals surface area contributed by atoms with Gasteiger partial charge in [-0.25, -0.2) is 0 Å². The van der Waals surface area contributed by atoms with Gasteiger partial charge in [-0.1, -0.05) is 0 Å². The van der Waals surface area contributed by atoms with Crippen LogP contribution in [0.5, 0.6) is 0 Å². The number of hydrogen-bond donors (Lipinski definition) is 0. The van der Waals surface area contributed by atoms with Crippen molar-refractivity contribution in [3.63, 3.8) is 0 Å². The Morgan fingerprint density at radius 1 is 1.00 bits per heavy atom. The van der Waals surface area contributed by atoms with Crippen LogP contribution in [0, 0.1) is 0 Å². The van der Waals surface area contributed by atoms with Crippen molar-refractivity contribution in [2.24, 2.45) is 0 Å². The van der Waals surface area contributed by atoms with Gasteiger partial charge in [0.15, 0.2) is 0 Å². The first-order valence-corrected chi connectivity index (χ1v) is 0.707. The summed E-state index contributed by atoms with van der Waals surface area (Å²) in [5, 5.41) is 25.2. The number of rotatable bonds is 0. The fourth-order valence-corrected chi connectivity index (χ4v) is 0. The zero-order valence-electron chi connectivity index (χ0n) is 4.22. The van der Waals surface area contributed by atoms with Gasteiger partial charge in [0.1, 0.15) is 0 Å². The van der Waals surface area contributed by atoms with E-state index in [9.17, 15) is 0 Å². The van der Waals surface area contributed by atoms with Crippen LogP contribution < -0.4 is 15.1 Å². The molecule has 0 fully saturated rings. The molecule has 0 bridgehead atoms. The third-order valence-electron chi connectivity index (χ3n) is 0. The Bertz CT molecular complexity index is 17.7. The van der Waals surface area contributed by atoms with Gasteiger partial charge in [-0.2, -0.15) is 0 Å². The van der Waals surface area contributed by atoms with E-state index in [1.165, 1.54) is 0 Å². The first kappa shape index (κ1) is 15.7. The molecule has 0 aliphatic rings. The van der Waals surface area contributed by atoms with Gasteiger partial charge in [-0.15, -0.1) is 0 Å². The minimum Gasteiger partial charge on any atom is -1.00 e. The summed E-state index contributed by atoms with van der Waals surface area (Å²) in [6.07, 6.45) is 0. The van der Waals surface area contributed by atoms with Crippen molar-refractivity contribution in [1.82, 2.24) is 0 Å². The Morgan fingerprint density at radius 3 is 1.00 bits per heavy atom. The molecule has 0 rings (SSSR count). The van der Waals surface area contributed by atoms with E-state index in [-0.39, 0.29) is 40.4 Å². The Kier molecular flexibility index (Phi) is 24.8. The minimum absolute atomic E-state index is 0. The van der Waals surface area contributed by atoms with Crippen molar-refractivity contribution in [3.05, 3.63) is 0 Å². The first-order chi connectivity index (χ1) is 1.73. The molecule has 0 saturated heterocycles. The maximum Gasteiger partial charge on any atom is 2.00 e. The number of hydrogen-bond acceptors (Lipinski definition) is 3. The second-order valence-corrected chi connectivity index (χ2v) is 0.289. The molecule has 0 radical (unpaired) electrons. The second kappa shape index (κ2) is 9.50. The summed E-state index contributed by atoms with van der Waals surface area (Å²) >= 11 is 0. The van der Waals surface area contributed by atoms with Gasteiger partial charge in [-0.3, -0.25) is 7.32 Å². The van der Waals surface area contributed by atoms with Gasteiger partial charge < -0.3 is 16.5 Å². The van der Waals surface area contributed by atoms with Gasteiger partial charge in [0.05, 0.1) is 0 Å².